The van der Waals surface area contributed by atoms with Crippen LogP contribution in [0, 0.1) is 10.8 Å². The van der Waals surface area contributed by atoms with Gasteiger partial charge in [-0.05, 0) is 10.8 Å². The molecule has 2 aliphatic rings. The number of alkyl halides is 2. The van der Waals surface area contributed by atoms with E-state index in [-0.39, 0.29) is 18.6 Å². The van der Waals surface area contributed by atoms with E-state index in [9.17, 15) is 13.6 Å². The first kappa shape index (κ1) is 9.10. The van der Waals surface area contributed by atoms with Crippen molar-refractivity contribution in [3.63, 3.8) is 0 Å². The van der Waals surface area contributed by atoms with E-state index in [1.165, 1.54) is 0 Å². The summed E-state index contributed by atoms with van der Waals surface area (Å²) in [6.07, 6.45) is 0.475. The lowest BCUT2D eigenvalue weighted by atomic mass is 9.71. The Hall–Kier alpha value is -0.470. The minimum Gasteiger partial charge on any atom is -0.300 e. The molecule has 0 spiro atoms. The maximum Gasteiger partial charge on any atom is 0.249 e. The molecule has 2 rings (SSSR count). The van der Waals surface area contributed by atoms with Gasteiger partial charge in [0.2, 0.25) is 5.92 Å². The molecule has 0 heterocycles. The maximum atomic E-state index is 13.2. The molecule has 0 radical (unpaired) electrons. The fourth-order valence-corrected chi connectivity index (χ4v) is 3.12. The van der Waals surface area contributed by atoms with Gasteiger partial charge in [0.1, 0.15) is 5.78 Å². The summed E-state index contributed by atoms with van der Waals surface area (Å²) in [5.41, 5.74) is -0.902. The molecule has 2 fully saturated rings. The molecule has 0 saturated heterocycles. The quantitative estimate of drug-likeness (QED) is 0.571. The second kappa shape index (κ2) is 2.12. The molecular weight excluding hydrogens is 174 g/mol. The highest BCUT2D eigenvalue weighted by molar-refractivity contribution is 5.83. The number of ketones is 1. The van der Waals surface area contributed by atoms with Crippen molar-refractivity contribution in [3.8, 4) is 0 Å². The highest BCUT2D eigenvalue weighted by Gasteiger charge is 2.64. The monoisotopic (exact) mass is 188 g/mol. The van der Waals surface area contributed by atoms with Gasteiger partial charge in [0, 0.05) is 25.7 Å². The first-order chi connectivity index (χ1) is 5.77. The first-order valence-corrected chi connectivity index (χ1v) is 4.66. The third-order valence-electron chi connectivity index (χ3n) is 3.93. The van der Waals surface area contributed by atoms with Crippen LogP contribution in [0.3, 0.4) is 0 Å². The van der Waals surface area contributed by atoms with Gasteiger partial charge >= 0.3 is 0 Å². The molecule has 0 aromatic rings. The third kappa shape index (κ3) is 1.12. The molecule has 0 bridgehead atoms. The van der Waals surface area contributed by atoms with Gasteiger partial charge in [-0.25, -0.2) is 8.78 Å². The third-order valence-corrected chi connectivity index (χ3v) is 3.93. The van der Waals surface area contributed by atoms with E-state index in [2.05, 4.69) is 0 Å². The lowest BCUT2D eigenvalue weighted by molar-refractivity contribution is -0.119. The van der Waals surface area contributed by atoms with Gasteiger partial charge in [-0.3, -0.25) is 4.79 Å². The van der Waals surface area contributed by atoms with Crippen LogP contribution in [0.2, 0.25) is 0 Å². The second-order valence-corrected chi connectivity index (χ2v) is 5.22. The molecule has 0 N–H and O–H groups in total. The second-order valence-electron chi connectivity index (χ2n) is 5.22. The van der Waals surface area contributed by atoms with E-state index in [1.54, 1.807) is 0 Å². The SMILES string of the molecule is CC12CC(=O)CC1(C)CC(F)(F)C2. The van der Waals surface area contributed by atoms with E-state index in [0.29, 0.717) is 12.8 Å². The smallest absolute Gasteiger partial charge is 0.249 e. The number of halogens is 2. The highest BCUT2D eigenvalue weighted by Crippen LogP contribution is 2.65. The minimum absolute atomic E-state index is 0.109. The van der Waals surface area contributed by atoms with E-state index < -0.39 is 16.8 Å². The lowest BCUT2D eigenvalue weighted by Gasteiger charge is -2.31. The van der Waals surface area contributed by atoms with Gasteiger partial charge in [-0.15, -0.1) is 0 Å². The Kier molecular flexibility index (Phi) is 1.49. The molecule has 74 valence electrons. The maximum absolute atomic E-state index is 13.2. The van der Waals surface area contributed by atoms with Crippen molar-refractivity contribution in [1.29, 1.82) is 0 Å². The standard InChI is InChI=1S/C10H14F2O/c1-8-3-7(13)4-9(8,2)6-10(11,12)5-8/h3-6H2,1-2H3. The van der Waals surface area contributed by atoms with E-state index >= 15 is 0 Å². The summed E-state index contributed by atoms with van der Waals surface area (Å²) in [7, 11) is 0. The van der Waals surface area contributed by atoms with Crippen molar-refractivity contribution in [2.75, 3.05) is 0 Å². The van der Waals surface area contributed by atoms with Gasteiger partial charge in [-0.2, -0.15) is 0 Å². The Labute approximate surface area is 76.5 Å². The highest BCUT2D eigenvalue weighted by atomic mass is 19.3. The van der Waals surface area contributed by atoms with Crippen molar-refractivity contribution in [2.24, 2.45) is 10.8 Å². The molecule has 3 heteroatoms. The number of rotatable bonds is 0. The Balaban J connectivity index is 2.36. The number of hydrogen-bond acceptors (Lipinski definition) is 1. The average Bonchev–Trinajstić information content (AvgIpc) is 2.04. The fraction of sp³-hybridized carbons (Fsp3) is 0.900. The summed E-state index contributed by atoms with van der Waals surface area (Å²) in [6.45, 7) is 3.66. The van der Waals surface area contributed by atoms with Crippen LogP contribution in [0.25, 0.3) is 0 Å². The molecule has 0 aliphatic heterocycles. The van der Waals surface area contributed by atoms with Crippen molar-refractivity contribution >= 4 is 5.78 Å². The van der Waals surface area contributed by atoms with E-state index in [4.69, 9.17) is 0 Å². The molecule has 2 aliphatic carbocycles. The van der Waals surface area contributed by atoms with Crippen molar-refractivity contribution in [3.05, 3.63) is 0 Å². The predicted octanol–water partition coefficient (Wildman–Crippen LogP) is 2.79. The van der Waals surface area contributed by atoms with Crippen LogP contribution in [0.15, 0.2) is 0 Å². The largest absolute Gasteiger partial charge is 0.300 e. The molecule has 0 aromatic heterocycles. The van der Waals surface area contributed by atoms with Crippen LogP contribution < -0.4 is 0 Å². The Morgan fingerprint density at radius 2 is 1.46 bits per heavy atom. The average molecular weight is 188 g/mol. The normalized spacial score (nSPS) is 48.2. The zero-order valence-electron chi connectivity index (χ0n) is 7.99. The van der Waals surface area contributed by atoms with Gasteiger partial charge in [0.25, 0.3) is 0 Å². The predicted molar refractivity (Wildman–Crippen MR) is 44.6 cm³/mol. The van der Waals surface area contributed by atoms with Crippen LogP contribution in [0.5, 0.6) is 0 Å². The van der Waals surface area contributed by atoms with Gasteiger partial charge in [0.15, 0.2) is 0 Å². The van der Waals surface area contributed by atoms with E-state index in [0.717, 1.165) is 0 Å². The summed E-state index contributed by atoms with van der Waals surface area (Å²) >= 11 is 0. The minimum atomic E-state index is -2.55. The molecule has 13 heavy (non-hydrogen) atoms. The Morgan fingerprint density at radius 1 is 1.08 bits per heavy atom. The van der Waals surface area contributed by atoms with Gasteiger partial charge < -0.3 is 0 Å². The fourth-order valence-electron chi connectivity index (χ4n) is 3.12. The number of fused-ring (bicyclic) bond motifs is 1. The number of Topliss-reactive ketones (excluding diaryl/α,β-unsaturated/α-hetero) is 1. The zero-order chi connectivity index (χ0) is 9.91. The van der Waals surface area contributed by atoms with Crippen molar-refractivity contribution in [1.82, 2.24) is 0 Å². The molecule has 2 atom stereocenters. The van der Waals surface area contributed by atoms with Crippen molar-refractivity contribution in [2.45, 2.75) is 45.5 Å². The zero-order valence-corrected chi connectivity index (χ0v) is 7.99. The number of carbonyl (C=O) groups excluding carboxylic acids is 1. The number of carbonyl (C=O) groups is 1. The van der Waals surface area contributed by atoms with Crippen LogP contribution in [-0.4, -0.2) is 11.7 Å². The molecular formula is C10H14F2O. The van der Waals surface area contributed by atoms with Crippen LogP contribution >= 0.6 is 0 Å². The van der Waals surface area contributed by atoms with E-state index in [1.807, 2.05) is 13.8 Å². The number of hydrogen-bond donors (Lipinski definition) is 0. The summed E-state index contributed by atoms with van der Waals surface area (Å²) in [5, 5.41) is 0. The summed E-state index contributed by atoms with van der Waals surface area (Å²) in [6, 6.07) is 0. The summed E-state index contributed by atoms with van der Waals surface area (Å²) < 4.78 is 26.3. The Morgan fingerprint density at radius 3 is 1.85 bits per heavy atom. The first-order valence-electron chi connectivity index (χ1n) is 4.66. The molecule has 2 saturated carbocycles. The molecule has 0 amide bonds. The summed E-state index contributed by atoms with van der Waals surface area (Å²) in [5.74, 6) is -2.40. The topological polar surface area (TPSA) is 17.1 Å². The van der Waals surface area contributed by atoms with Crippen LogP contribution in [0.1, 0.15) is 39.5 Å². The molecule has 2 unspecified atom stereocenters. The van der Waals surface area contributed by atoms with Gasteiger partial charge in [0.05, 0.1) is 0 Å². The van der Waals surface area contributed by atoms with Crippen LogP contribution in [0.4, 0.5) is 8.78 Å². The summed E-state index contributed by atoms with van der Waals surface area (Å²) in [4.78, 5) is 11.2. The van der Waals surface area contributed by atoms with Crippen molar-refractivity contribution < 1.29 is 13.6 Å². The molecule has 0 aromatic carbocycles. The Bertz CT molecular complexity index is 250. The lowest BCUT2D eigenvalue weighted by Crippen LogP contribution is -2.25. The molecule has 1 nitrogen and oxygen atoms in total. The van der Waals surface area contributed by atoms with Gasteiger partial charge in [-0.1, -0.05) is 13.8 Å². The van der Waals surface area contributed by atoms with Crippen LogP contribution in [-0.2, 0) is 4.79 Å².